The third-order valence-electron chi connectivity index (χ3n) is 1.64. The number of carbonyl (C=O) groups is 1. The van der Waals surface area contributed by atoms with Gasteiger partial charge in [-0.2, -0.15) is 0 Å². The molecule has 82 valence electrons. The van der Waals surface area contributed by atoms with Crippen LogP contribution in [0.4, 0.5) is 5.69 Å². The number of carbonyl (C=O) groups excluding carboxylic acids is 1. The minimum atomic E-state index is -0.189. The van der Waals surface area contributed by atoms with Crippen molar-refractivity contribution in [3.8, 4) is 0 Å². The van der Waals surface area contributed by atoms with Crippen LogP contribution in [0.15, 0.2) is 16.7 Å². The number of pyridine rings is 1. The summed E-state index contributed by atoms with van der Waals surface area (Å²) in [6.07, 6.45) is 2.25. The molecule has 4 nitrogen and oxygen atoms in total. The standard InChI is InChI=1S/C9H10BrClN2O2/c10-6-4-7(9(11)12-5-6)13-8(15)2-1-3-14/h4-5,14H,1-3H2,(H,13,15). The molecule has 0 aromatic carbocycles. The minimum absolute atomic E-state index is 0.00210. The molecule has 1 aromatic heterocycles. The Bertz CT molecular complexity index is 360. The number of amides is 1. The minimum Gasteiger partial charge on any atom is -0.396 e. The van der Waals surface area contributed by atoms with Gasteiger partial charge in [-0.1, -0.05) is 11.6 Å². The van der Waals surface area contributed by atoms with Crippen molar-refractivity contribution in [2.45, 2.75) is 12.8 Å². The summed E-state index contributed by atoms with van der Waals surface area (Å²) < 4.78 is 0.740. The Kier molecular flexibility index (Phi) is 5.01. The molecular weight excluding hydrogens is 283 g/mol. The van der Waals surface area contributed by atoms with E-state index in [1.165, 1.54) is 0 Å². The Morgan fingerprint density at radius 2 is 2.40 bits per heavy atom. The summed E-state index contributed by atoms with van der Waals surface area (Å²) in [7, 11) is 0. The van der Waals surface area contributed by atoms with Crippen LogP contribution in [0.2, 0.25) is 5.15 Å². The number of nitrogens with zero attached hydrogens (tertiary/aromatic N) is 1. The van der Waals surface area contributed by atoms with Gasteiger partial charge in [0.2, 0.25) is 5.91 Å². The Hall–Kier alpha value is -0.650. The van der Waals surface area contributed by atoms with Gasteiger partial charge in [-0.05, 0) is 28.4 Å². The first-order valence-corrected chi connectivity index (χ1v) is 5.52. The molecule has 6 heteroatoms. The molecule has 2 N–H and O–H groups in total. The van der Waals surface area contributed by atoms with Gasteiger partial charge in [0.1, 0.15) is 0 Å². The number of hydrogen-bond donors (Lipinski definition) is 2. The van der Waals surface area contributed by atoms with Gasteiger partial charge in [0.15, 0.2) is 5.15 Å². The Balaban J connectivity index is 2.63. The van der Waals surface area contributed by atoms with Crippen molar-refractivity contribution in [1.29, 1.82) is 0 Å². The van der Waals surface area contributed by atoms with Crippen molar-refractivity contribution in [2.75, 3.05) is 11.9 Å². The third-order valence-corrected chi connectivity index (χ3v) is 2.38. The molecule has 0 fully saturated rings. The summed E-state index contributed by atoms with van der Waals surface area (Å²) in [6, 6.07) is 1.67. The molecule has 0 atom stereocenters. The van der Waals surface area contributed by atoms with Gasteiger partial charge in [-0.3, -0.25) is 4.79 Å². The monoisotopic (exact) mass is 292 g/mol. The van der Waals surface area contributed by atoms with E-state index in [1.807, 2.05) is 0 Å². The average Bonchev–Trinajstić information content (AvgIpc) is 2.20. The van der Waals surface area contributed by atoms with Crippen molar-refractivity contribution >= 4 is 39.1 Å². The van der Waals surface area contributed by atoms with E-state index in [9.17, 15) is 4.79 Å². The number of aliphatic hydroxyl groups is 1. The molecule has 0 saturated carbocycles. The van der Waals surface area contributed by atoms with E-state index >= 15 is 0 Å². The fourth-order valence-corrected chi connectivity index (χ4v) is 1.44. The molecule has 1 heterocycles. The summed E-state index contributed by atoms with van der Waals surface area (Å²) >= 11 is 9.00. The highest BCUT2D eigenvalue weighted by Gasteiger charge is 2.06. The summed E-state index contributed by atoms with van der Waals surface area (Å²) in [4.78, 5) is 15.2. The maximum Gasteiger partial charge on any atom is 0.224 e. The van der Waals surface area contributed by atoms with Gasteiger partial charge in [0, 0.05) is 23.7 Å². The predicted molar refractivity (Wildman–Crippen MR) is 61.9 cm³/mol. The fourth-order valence-electron chi connectivity index (χ4n) is 0.963. The Morgan fingerprint density at radius 3 is 3.07 bits per heavy atom. The van der Waals surface area contributed by atoms with Crippen LogP contribution >= 0.6 is 27.5 Å². The quantitative estimate of drug-likeness (QED) is 0.837. The fraction of sp³-hybridized carbons (Fsp3) is 0.333. The van der Waals surface area contributed by atoms with Crippen LogP contribution < -0.4 is 5.32 Å². The number of hydrogen-bond acceptors (Lipinski definition) is 3. The lowest BCUT2D eigenvalue weighted by Gasteiger charge is -2.06. The van der Waals surface area contributed by atoms with Gasteiger partial charge >= 0.3 is 0 Å². The third kappa shape index (κ3) is 4.15. The molecule has 15 heavy (non-hydrogen) atoms. The van der Waals surface area contributed by atoms with Gasteiger partial charge in [0.05, 0.1) is 5.69 Å². The molecule has 1 aromatic rings. The number of halogens is 2. The normalized spacial score (nSPS) is 10.1. The van der Waals surface area contributed by atoms with Crippen molar-refractivity contribution in [3.63, 3.8) is 0 Å². The van der Waals surface area contributed by atoms with Gasteiger partial charge in [-0.25, -0.2) is 4.98 Å². The number of rotatable bonds is 4. The maximum absolute atomic E-state index is 11.3. The van der Waals surface area contributed by atoms with E-state index in [4.69, 9.17) is 16.7 Å². The van der Waals surface area contributed by atoms with E-state index in [0.717, 1.165) is 4.47 Å². The van der Waals surface area contributed by atoms with Gasteiger partial charge in [-0.15, -0.1) is 0 Å². The van der Waals surface area contributed by atoms with Crippen LogP contribution in [-0.2, 0) is 4.79 Å². The van der Waals surface area contributed by atoms with Crippen LogP contribution in [0.25, 0.3) is 0 Å². The van der Waals surface area contributed by atoms with Crippen molar-refractivity contribution in [2.24, 2.45) is 0 Å². The summed E-state index contributed by atoms with van der Waals surface area (Å²) in [6.45, 7) is -0.00210. The Labute approximate surface area is 101 Å². The summed E-state index contributed by atoms with van der Waals surface area (Å²) in [5, 5.41) is 11.4. The molecule has 0 saturated heterocycles. The van der Waals surface area contributed by atoms with E-state index in [1.54, 1.807) is 12.3 Å². The zero-order chi connectivity index (χ0) is 11.3. The molecule has 0 unspecified atom stereocenters. The number of nitrogens with one attached hydrogen (secondary N) is 1. The van der Waals surface area contributed by atoms with Crippen LogP contribution in [0.1, 0.15) is 12.8 Å². The molecule has 0 aliphatic rings. The highest BCUT2D eigenvalue weighted by Crippen LogP contribution is 2.22. The van der Waals surface area contributed by atoms with Crippen LogP contribution in [-0.4, -0.2) is 22.6 Å². The topological polar surface area (TPSA) is 62.2 Å². The molecule has 1 rings (SSSR count). The molecule has 0 aliphatic carbocycles. The second-order valence-corrected chi connectivity index (χ2v) is 4.14. The zero-order valence-electron chi connectivity index (χ0n) is 7.83. The Morgan fingerprint density at radius 1 is 1.67 bits per heavy atom. The smallest absolute Gasteiger partial charge is 0.224 e. The van der Waals surface area contributed by atoms with Crippen LogP contribution in [0.3, 0.4) is 0 Å². The van der Waals surface area contributed by atoms with E-state index in [2.05, 4.69) is 26.2 Å². The lowest BCUT2D eigenvalue weighted by Crippen LogP contribution is -2.12. The zero-order valence-corrected chi connectivity index (χ0v) is 10.2. The predicted octanol–water partition coefficient (Wildman–Crippen LogP) is 2.21. The van der Waals surface area contributed by atoms with E-state index in [-0.39, 0.29) is 24.1 Å². The maximum atomic E-state index is 11.3. The molecule has 0 aliphatic heterocycles. The first-order valence-electron chi connectivity index (χ1n) is 4.35. The lowest BCUT2D eigenvalue weighted by atomic mass is 10.3. The van der Waals surface area contributed by atoms with Crippen molar-refractivity contribution in [1.82, 2.24) is 4.98 Å². The highest BCUT2D eigenvalue weighted by molar-refractivity contribution is 9.10. The number of aromatic nitrogens is 1. The average molecular weight is 294 g/mol. The van der Waals surface area contributed by atoms with Crippen LogP contribution in [0.5, 0.6) is 0 Å². The first kappa shape index (κ1) is 12.4. The molecule has 0 bridgehead atoms. The lowest BCUT2D eigenvalue weighted by molar-refractivity contribution is -0.116. The van der Waals surface area contributed by atoms with Crippen molar-refractivity contribution < 1.29 is 9.90 Å². The van der Waals surface area contributed by atoms with E-state index in [0.29, 0.717) is 12.1 Å². The molecular formula is C9H10BrClN2O2. The second-order valence-electron chi connectivity index (χ2n) is 2.87. The molecule has 1 amide bonds. The van der Waals surface area contributed by atoms with Gasteiger partial charge in [0.25, 0.3) is 0 Å². The second kappa shape index (κ2) is 6.05. The first-order chi connectivity index (χ1) is 7.13. The molecule has 0 spiro atoms. The largest absolute Gasteiger partial charge is 0.396 e. The summed E-state index contributed by atoms with van der Waals surface area (Å²) in [5.41, 5.74) is 0.467. The van der Waals surface area contributed by atoms with Crippen molar-refractivity contribution in [3.05, 3.63) is 21.9 Å². The summed E-state index contributed by atoms with van der Waals surface area (Å²) in [5.74, 6) is -0.189. The molecule has 0 radical (unpaired) electrons. The highest BCUT2D eigenvalue weighted by atomic mass is 79.9. The van der Waals surface area contributed by atoms with E-state index < -0.39 is 0 Å². The number of anilines is 1. The van der Waals surface area contributed by atoms with Gasteiger partial charge < -0.3 is 10.4 Å². The van der Waals surface area contributed by atoms with Crippen LogP contribution in [0, 0.1) is 0 Å². The number of aliphatic hydroxyl groups excluding tert-OH is 1. The SMILES string of the molecule is O=C(CCCO)Nc1cc(Br)cnc1Cl.